The lowest BCUT2D eigenvalue weighted by Crippen LogP contribution is -2.24. The molecule has 1 aromatic rings. The van der Waals surface area contributed by atoms with Gasteiger partial charge in [0.1, 0.15) is 0 Å². The van der Waals surface area contributed by atoms with E-state index in [1.807, 2.05) is 0 Å². The van der Waals surface area contributed by atoms with Gasteiger partial charge in [-0.1, -0.05) is 0 Å². The molecule has 116 valence electrons. The number of thioether (sulfide) groups is 1. The van der Waals surface area contributed by atoms with Crippen LogP contribution in [0.5, 0.6) is 0 Å². The van der Waals surface area contributed by atoms with Gasteiger partial charge in [0.25, 0.3) is 15.5 Å². The number of nitro benzene ring substituents is 1. The van der Waals surface area contributed by atoms with Crippen LogP contribution >= 0.6 is 11.8 Å². The highest BCUT2D eigenvalue weighted by Gasteiger charge is 2.47. The summed E-state index contributed by atoms with van der Waals surface area (Å²) in [5.41, 5.74) is -6.54. The molecule has 0 atom stereocenters. The highest BCUT2D eigenvalue weighted by molar-refractivity contribution is 8.00. The minimum Gasteiger partial charge on any atom is -0.549 e. The summed E-state index contributed by atoms with van der Waals surface area (Å²) >= 11 is 0.431. The Morgan fingerprint density at radius 3 is 2.33 bits per heavy atom. The molecule has 0 aliphatic rings. The first-order valence-corrected chi connectivity index (χ1v) is 7.36. The molecule has 0 amide bonds. The smallest absolute Gasteiger partial charge is 0.501 e. The SMILES string of the molecule is O=C([O-])CSc1ccc(S(=O)(=O)C(F)(F)F)cc1[N+](=O)[O-]. The molecule has 0 unspecified atom stereocenters. The van der Waals surface area contributed by atoms with Crippen LogP contribution in [0, 0.1) is 10.1 Å². The van der Waals surface area contributed by atoms with Gasteiger partial charge in [-0.3, -0.25) is 10.1 Å². The van der Waals surface area contributed by atoms with E-state index in [9.17, 15) is 41.6 Å². The number of alkyl halides is 3. The quantitative estimate of drug-likeness (QED) is 0.439. The van der Waals surface area contributed by atoms with Crippen molar-refractivity contribution < 1.29 is 36.4 Å². The van der Waals surface area contributed by atoms with Crippen molar-refractivity contribution in [1.29, 1.82) is 0 Å². The van der Waals surface area contributed by atoms with E-state index in [0.717, 1.165) is 6.07 Å². The van der Waals surface area contributed by atoms with Crippen LogP contribution < -0.4 is 5.11 Å². The summed E-state index contributed by atoms with van der Waals surface area (Å²) in [4.78, 5) is 18.3. The highest BCUT2D eigenvalue weighted by Crippen LogP contribution is 2.35. The Kier molecular flexibility index (Phi) is 4.83. The fraction of sp³-hybridized carbons (Fsp3) is 0.222. The topological polar surface area (TPSA) is 117 Å². The van der Waals surface area contributed by atoms with E-state index < -0.39 is 42.6 Å². The number of carbonyl (C=O) groups excluding carboxylic acids is 1. The summed E-state index contributed by atoms with van der Waals surface area (Å²) in [6.07, 6.45) is 0. The molecule has 1 aromatic carbocycles. The zero-order chi connectivity index (χ0) is 16.4. The van der Waals surface area contributed by atoms with Crippen LogP contribution in [0.1, 0.15) is 0 Å². The lowest BCUT2D eigenvalue weighted by atomic mass is 10.3. The molecule has 21 heavy (non-hydrogen) atoms. The van der Waals surface area contributed by atoms with Gasteiger partial charge in [0, 0.05) is 11.8 Å². The third-order valence-electron chi connectivity index (χ3n) is 2.09. The Labute approximate surface area is 119 Å². The van der Waals surface area contributed by atoms with Crippen molar-refractivity contribution in [2.45, 2.75) is 15.3 Å². The van der Waals surface area contributed by atoms with E-state index in [1.165, 1.54) is 0 Å². The fourth-order valence-electron chi connectivity index (χ4n) is 1.20. The number of carbonyl (C=O) groups is 1. The average Bonchev–Trinajstić information content (AvgIpc) is 2.34. The normalized spacial score (nSPS) is 12.1. The summed E-state index contributed by atoms with van der Waals surface area (Å²) in [5.74, 6) is -2.21. The second kappa shape index (κ2) is 5.89. The van der Waals surface area contributed by atoms with Crippen LogP contribution in [0.25, 0.3) is 0 Å². The zero-order valence-corrected chi connectivity index (χ0v) is 11.4. The molecule has 12 heteroatoms. The number of benzene rings is 1. The van der Waals surface area contributed by atoms with Crippen LogP contribution in [0.4, 0.5) is 18.9 Å². The van der Waals surface area contributed by atoms with E-state index in [-0.39, 0.29) is 11.0 Å². The number of carboxylic acids is 1. The minimum absolute atomic E-state index is 0.237. The van der Waals surface area contributed by atoms with Crippen molar-refractivity contribution in [2.24, 2.45) is 0 Å². The first kappa shape index (κ1) is 17.2. The molecule has 0 heterocycles. The summed E-state index contributed by atoms with van der Waals surface area (Å²) in [6, 6.07) is 1.50. The predicted molar refractivity (Wildman–Crippen MR) is 62.1 cm³/mol. The Morgan fingerprint density at radius 1 is 1.33 bits per heavy atom. The molecule has 1 rings (SSSR count). The van der Waals surface area contributed by atoms with Crippen molar-refractivity contribution in [1.82, 2.24) is 0 Å². The fourth-order valence-corrected chi connectivity index (χ4v) is 2.70. The van der Waals surface area contributed by atoms with Gasteiger partial charge >= 0.3 is 5.51 Å². The van der Waals surface area contributed by atoms with Crippen LogP contribution in [0.3, 0.4) is 0 Å². The van der Waals surface area contributed by atoms with Gasteiger partial charge in [0.2, 0.25) is 0 Å². The van der Waals surface area contributed by atoms with Gasteiger partial charge < -0.3 is 9.90 Å². The summed E-state index contributed by atoms with van der Waals surface area (Å²) in [5, 5.41) is 21.0. The largest absolute Gasteiger partial charge is 0.549 e. The maximum absolute atomic E-state index is 12.4. The zero-order valence-electron chi connectivity index (χ0n) is 9.79. The first-order chi connectivity index (χ1) is 9.46. The molecule has 0 aliphatic heterocycles. The molecule has 0 radical (unpaired) electrons. The van der Waals surface area contributed by atoms with Gasteiger partial charge in [-0.05, 0) is 12.1 Å². The number of sulfone groups is 1. The Balaban J connectivity index is 3.34. The summed E-state index contributed by atoms with van der Waals surface area (Å²) in [6.45, 7) is 0. The standard InChI is InChI=1S/C9H6F3NO6S2/c10-9(11,12)21(18,19)5-1-2-7(20-4-8(14)15)6(3-5)13(16)17/h1-3H,4H2,(H,14,15)/p-1. The van der Waals surface area contributed by atoms with Crippen molar-refractivity contribution >= 4 is 33.3 Å². The number of nitrogens with zero attached hydrogens (tertiary/aromatic N) is 1. The van der Waals surface area contributed by atoms with E-state index in [1.54, 1.807) is 0 Å². The van der Waals surface area contributed by atoms with Gasteiger partial charge in [0.05, 0.1) is 20.7 Å². The van der Waals surface area contributed by atoms with Gasteiger partial charge in [-0.15, -0.1) is 11.8 Å². The Bertz CT molecular complexity index is 685. The average molecular weight is 344 g/mol. The summed E-state index contributed by atoms with van der Waals surface area (Å²) in [7, 11) is -5.72. The molecule has 0 N–H and O–H groups in total. The lowest BCUT2D eigenvalue weighted by Gasteiger charge is -2.09. The monoisotopic (exact) mass is 344 g/mol. The van der Waals surface area contributed by atoms with Crippen molar-refractivity contribution in [3.8, 4) is 0 Å². The van der Waals surface area contributed by atoms with E-state index in [2.05, 4.69) is 0 Å². The van der Waals surface area contributed by atoms with Gasteiger partial charge in [-0.25, -0.2) is 8.42 Å². The third-order valence-corrected chi connectivity index (χ3v) is 4.61. The molecular weight excluding hydrogens is 339 g/mol. The van der Waals surface area contributed by atoms with E-state index in [0.29, 0.717) is 17.8 Å². The number of halogens is 3. The first-order valence-electron chi connectivity index (χ1n) is 4.89. The van der Waals surface area contributed by atoms with E-state index in [4.69, 9.17) is 0 Å². The molecule has 0 aromatic heterocycles. The van der Waals surface area contributed by atoms with Crippen LogP contribution in [0.15, 0.2) is 28.0 Å². The number of rotatable bonds is 5. The number of hydrogen-bond donors (Lipinski definition) is 0. The van der Waals surface area contributed by atoms with E-state index >= 15 is 0 Å². The number of nitro groups is 1. The molecule has 0 saturated heterocycles. The maximum Gasteiger partial charge on any atom is 0.501 e. The van der Waals surface area contributed by atoms with Crippen molar-refractivity contribution in [3.05, 3.63) is 28.3 Å². The molecule has 0 saturated carbocycles. The summed E-state index contributed by atoms with van der Waals surface area (Å²) < 4.78 is 59.4. The molecule has 0 aliphatic carbocycles. The lowest BCUT2D eigenvalue weighted by molar-refractivity contribution is -0.388. The second-order valence-corrected chi connectivity index (χ2v) is 6.45. The maximum atomic E-state index is 12.4. The van der Waals surface area contributed by atoms with Gasteiger partial charge in [0.15, 0.2) is 0 Å². The highest BCUT2D eigenvalue weighted by atomic mass is 32.2. The van der Waals surface area contributed by atoms with Gasteiger partial charge in [-0.2, -0.15) is 13.2 Å². The Morgan fingerprint density at radius 2 is 1.90 bits per heavy atom. The number of carboxylic acid groups (broad SMARTS) is 1. The van der Waals surface area contributed by atoms with Crippen LogP contribution in [-0.4, -0.2) is 30.6 Å². The molecule has 0 bridgehead atoms. The number of hydrogen-bond acceptors (Lipinski definition) is 7. The Hall–Kier alpha value is -1.82. The predicted octanol–water partition coefficient (Wildman–Crippen LogP) is 0.730. The second-order valence-electron chi connectivity index (χ2n) is 3.50. The third kappa shape index (κ3) is 3.85. The molecule has 0 fully saturated rings. The van der Waals surface area contributed by atoms with Crippen LogP contribution in [-0.2, 0) is 14.6 Å². The van der Waals surface area contributed by atoms with Crippen molar-refractivity contribution in [2.75, 3.05) is 5.75 Å². The number of aliphatic carboxylic acids is 1. The molecular formula is C9H5F3NO6S2-. The molecule has 0 spiro atoms. The van der Waals surface area contributed by atoms with Crippen molar-refractivity contribution in [3.63, 3.8) is 0 Å². The molecule has 7 nitrogen and oxygen atoms in total. The minimum atomic E-state index is -5.72. The van der Waals surface area contributed by atoms with Crippen LogP contribution in [0.2, 0.25) is 0 Å².